The molecule has 4 aliphatic rings. The Morgan fingerprint density at radius 3 is 2.04 bits per heavy atom. The Morgan fingerprint density at radius 1 is 0.829 bits per heavy atom. The summed E-state index contributed by atoms with van der Waals surface area (Å²) < 4.78 is 82.8. The summed E-state index contributed by atoms with van der Waals surface area (Å²) in [4.78, 5) is 77.4. The number of nitrogens with zero attached hydrogens (tertiary/aromatic N) is 3. The van der Waals surface area contributed by atoms with Crippen molar-refractivity contribution in [1.82, 2.24) is 30.5 Å². The van der Waals surface area contributed by atoms with Gasteiger partial charge >= 0.3 is 24.4 Å². The van der Waals surface area contributed by atoms with E-state index >= 15 is 0 Å². The molecule has 0 bridgehead atoms. The van der Waals surface area contributed by atoms with Crippen molar-refractivity contribution >= 4 is 46.0 Å². The number of alkyl carbamates (subject to hydrolysis) is 2. The molecular weight excluding hydrogens is 1110 g/mol. The number of sulfonamides is 1. The van der Waals surface area contributed by atoms with Crippen LogP contribution in [0.3, 0.4) is 0 Å². The number of carboxylic acid groups (broad SMARTS) is 1. The van der Waals surface area contributed by atoms with Crippen LogP contribution in [-0.2, 0) is 57.4 Å². The number of likely N-dealkylation sites (N-methyl/N-ethyl adjacent to an activating group) is 1. The number of carbonyl (C=O) groups is 5. The molecule has 5 amide bonds. The lowest BCUT2D eigenvalue weighted by Crippen LogP contribution is -2.71. The maximum atomic E-state index is 14.5. The first-order valence-electron chi connectivity index (χ1n) is 27.0. The van der Waals surface area contributed by atoms with Crippen molar-refractivity contribution in [2.24, 2.45) is 0 Å². The van der Waals surface area contributed by atoms with Gasteiger partial charge in [0.15, 0.2) is 23.8 Å². The van der Waals surface area contributed by atoms with E-state index in [1.165, 1.54) is 26.1 Å². The molecule has 466 valence electrons. The van der Waals surface area contributed by atoms with E-state index in [1.54, 1.807) is 62.3 Å². The molecule has 1 aliphatic carbocycles. The fourth-order valence-corrected chi connectivity index (χ4v) is 11.3. The number of aliphatic hydroxyl groups is 4. The van der Waals surface area contributed by atoms with Crippen LogP contribution in [0.1, 0.15) is 108 Å². The van der Waals surface area contributed by atoms with E-state index in [1.807, 2.05) is 0 Å². The molecule has 1 saturated carbocycles. The van der Waals surface area contributed by atoms with Crippen molar-refractivity contribution in [3.05, 3.63) is 34.4 Å². The van der Waals surface area contributed by atoms with Crippen molar-refractivity contribution in [2.75, 3.05) is 46.5 Å². The van der Waals surface area contributed by atoms with Crippen LogP contribution in [0, 0.1) is 10.1 Å². The first-order valence-corrected chi connectivity index (χ1v) is 28.4. The molecule has 82 heavy (non-hydrogen) atoms. The lowest BCUT2D eigenvalue weighted by atomic mass is 9.82. The molecule has 3 saturated heterocycles. The van der Waals surface area contributed by atoms with E-state index in [0.717, 1.165) is 34.2 Å². The minimum Gasteiger partial charge on any atom is -0.465 e. The number of hydrogen-bond donors (Lipinski definition) is 9. The largest absolute Gasteiger partial charge is 0.465 e. The maximum Gasteiger partial charge on any atom is 0.410 e. The zero-order valence-corrected chi connectivity index (χ0v) is 49.0. The number of nitrogens with one attached hydrogen (secondary N) is 4. The van der Waals surface area contributed by atoms with Gasteiger partial charge in [0, 0.05) is 32.8 Å². The second-order valence-corrected chi connectivity index (χ2v) is 25.7. The van der Waals surface area contributed by atoms with Gasteiger partial charge in [-0.2, -0.15) is 4.31 Å². The summed E-state index contributed by atoms with van der Waals surface area (Å²) in [6.07, 6.45) is -18.2. The van der Waals surface area contributed by atoms with E-state index in [-0.39, 0.29) is 26.0 Å². The first kappa shape index (κ1) is 67.5. The van der Waals surface area contributed by atoms with Crippen LogP contribution in [-0.4, -0.2) is 227 Å². The third-order valence-corrected chi connectivity index (χ3v) is 15.2. The molecule has 0 radical (unpaired) electrons. The van der Waals surface area contributed by atoms with Gasteiger partial charge in [-0.1, -0.05) is 12.1 Å². The standard InChI is InChI=1S/C51H83N7O23S/c1-48(2,3)79-45(65)52-25-33(59)41(62)53-30-24-31(55-46(66)80-49(4,5)6)39(36(60)38(30)78-43-37(61)40(51(10,68)27-75-43)56(11)47(67)81-50(7,8)9)77-42-29(54-44(63)64)20-19-28(76-42)26-57(21-23-74-35-18-14-15-22-73-35)82(71,72)34-17-13-12-16-32(34)58(69)70/h12-13,16-17,28-31,33,35-40,42-43,54,59-61,68H,14-15,18-27H2,1-11H3,(H,52,65)(H,53,62)(H,55,66)(H,63,64)/t28-,29+,30+,31-,33?,35?,36+,37+,38-,39+,40+,42+,43+,51-/m0/s1. The number of para-hydroxylation sites is 1. The number of rotatable bonds is 20. The Kier molecular flexibility index (Phi) is 23.1. The van der Waals surface area contributed by atoms with Crippen molar-refractivity contribution in [3.63, 3.8) is 0 Å². The Bertz CT molecular complexity index is 2470. The van der Waals surface area contributed by atoms with Crippen molar-refractivity contribution < 1.29 is 105 Å². The smallest absolute Gasteiger partial charge is 0.410 e. The molecule has 1 aromatic rings. The number of benzene rings is 1. The Balaban J connectivity index is 1.55. The van der Waals surface area contributed by atoms with Crippen LogP contribution in [0.2, 0.25) is 0 Å². The summed E-state index contributed by atoms with van der Waals surface area (Å²) in [7, 11) is -3.48. The third kappa shape index (κ3) is 19.4. The molecule has 0 spiro atoms. The quantitative estimate of drug-likeness (QED) is 0.0510. The van der Waals surface area contributed by atoms with E-state index in [0.29, 0.717) is 13.0 Å². The van der Waals surface area contributed by atoms with E-state index in [2.05, 4.69) is 21.3 Å². The van der Waals surface area contributed by atoms with E-state index in [4.69, 9.17) is 42.6 Å². The molecule has 2 unspecified atom stereocenters. The molecule has 14 atom stereocenters. The van der Waals surface area contributed by atoms with E-state index < -0.39 is 184 Å². The average molecular weight is 1190 g/mol. The molecule has 5 rings (SSSR count). The lowest BCUT2D eigenvalue weighted by molar-refractivity contribution is -0.387. The fourth-order valence-electron chi connectivity index (χ4n) is 9.68. The summed E-state index contributed by atoms with van der Waals surface area (Å²) in [5.74, 6) is -1.16. The van der Waals surface area contributed by atoms with Gasteiger partial charge < -0.3 is 94.3 Å². The Morgan fingerprint density at radius 2 is 1.44 bits per heavy atom. The zero-order valence-electron chi connectivity index (χ0n) is 48.1. The van der Waals surface area contributed by atoms with Gasteiger partial charge in [-0.3, -0.25) is 14.9 Å². The van der Waals surface area contributed by atoms with Gasteiger partial charge in [-0.25, -0.2) is 27.6 Å². The highest BCUT2D eigenvalue weighted by Gasteiger charge is 2.55. The second kappa shape index (κ2) is 28.0. The number of nitro benzene ring substituents is 1. The van der Waals surface area contributed by atoms with Crippen LogP contribution >= 0.6 is 0 Å². The van der Waals surface area contributed by atoms with Gasteiger partial charge in [0.2, 0.25) is 10.0 Å². The Labute approximate surface area is 476 Å². The zero-order chi connectivity index (χ0) is 61.3. The molecule has 30 nitrogen and oxygen atoms in total. The van der Waals surface area contributed by atoms with Crippen molar-refractivity contribution in [2.45, 2.75) is 215 Å². The predicted molar refractivity (Wildman–Crippen MR) is 284 cm³/mol. The van der Waals surface area contributed by atoms with E-state index in [9.17, 15) is 68.0 Å². The highest BCUT2D eigenvalue weighted by molar-refractivity contribution is 7.89. The summed E-state index contributed by atoms with van der Waals surface area (Å²) in [5, 5.41) is 79.2. The van der Waals surface area contributed by atoms with Crippen molar-refractivity contribution in [3.8, 4) is 0 Å². The number of aliphatic hydroxyl groups excluding tert-OH is 3. The van der Waals surface area contributed by atoms with Gasteiger partial charge in [-0.05, 0) is 114 Å². The minimum absolute atomic E-state index is 0.0440. The number of hydrogen-bond acceptors (Lipinski definition) is 22. The molecule has 1 aromatic carbocycles. The molecular formula is C51H83N7O23S. The SMILES string of the molecule is CN(C(=O)OC(C)(C)C)[C@@H]1[C@@H](O)[C@@H](O[C@@H]2[C@@H](O)[C@H](O[C@H]3O[C@H](CN(CCOC4CCCCO4)S(=O)(=O)c4ccccc4[N+](=O)[O-])CC[C@H]3NC(=O)O)[C@@H](NC(=O)OC(C)(C)C)C[C@H]2NC(=O)C(O)CNC(=O)OC(C)(C)C)OC[C@]1(C)O. The van der Waals surface area contributed by atoms with Gasteiger partial charge in [0.05, 0.1) is 55.0 Å². The molecule has 4 fully saturated rings. The summed E-state index contributed by atoms with van der Waals surface area (Å²) in [6.45, 7) is 13.5. The maximum absolute atomic E-state index is 14.5. The second-order valence-electron chi connectivity index (χ2n) is 23.8. The van der Waals surface area contributed by atoms with Gasteiger partial charge in [0.1, 0.15) is 52.9 Å². The number of nitro groups is 1. The summed E-state index contributed by atoms with van der Waals surface area (Å²) in [6, 6.07) is -1.08. The van der Waals surface area contributed by atoms with Crippen LogP contribution in [0.4, 0.5) is 24.9 Å². The highest BCUT2D eigenvalue weighted by atomic mass is 32.2. The van der Waals surface area contributed by atoms with Crippen LogP contribution in [0.25, 0.3) is 0 Å². The summed E-state index contributed by atoms with van der Waals surface area (Å²) >= 11 is 0. The normalized spacial score (nSPS) is 29.6. The topological polar surface area (TPSA) is 401 Å². The molecule has 31 heteroatoms. The Hall–Kier alpha value is -5.32. The lowest BCUT2D eigenvalue weighted by Gasteiger charge is -2.51. The third-order valence-electron chi connectivity index (χ3n) is 13.2. The van der Waals surface area contributed by atoms with Gasteiger partial charge in [0.25, 0.3) is 11.6 Å². The number of carbonyl (C=O) groups excluding carboxylic acids is 4. The molecule has 0 aromatic heterocycles. The number of amides is 5. The highest BCUT2D eigenvalue weighted by Crippen LogP contribution is 2.36. The molecule has 3 heterocycles. The predicted octanol–water partition coefficient (Wildman–Crippen LogP) is 1.77. The number of ether oxygens (including phenoxy) is 9. The van der Waals surface area contributed by atoms with Crippen LogP contribution in [0.15, 0.2) is 29.2 Å². The summed E-state index contributed by atoms with van der Waals surface area (Å²) in [5.41, 5.74) is -5.76. The van der Waals surface area contributed by atoms with Crippen molar-refractivity contribution in [1.29, 1.82) is 0 Å². The van der Waals surface area contributed by atoms with Crippen LogP contribution < -0.4 is 21.3 Å². The monoisotopic (exact) mass is 1190 g/mol. The minimum atomic E-state index is -4.73. The molecule has 9 N–H and O–H groups in total. The fraction of sp³-hybridized carbons (Fsp3) is 0.784. The van der Waals surface area contributed by atoms with Gasteiger partial charge in [-0.15, -0.1) is 0 Å². The van der Waals surface area contributed by atoms with Crippen LogP contribution in [0.5, 0.6) is 0 Å². The first-order chi connectivity index (χ1) is 38.0. The molecule has 3 aliphatic heterocycles. The average Bonchev–Trinajstić information content (AvgIpc) is 3.49.